The fourth-order valence-electron chi connectivity index (χ4n) is 3.51. The maximum atomic E-state index is 10.9. The second kappa shape index (κ2) is 5.05. The van der Waals surface area contributed by atoms with Crippen LogP contribution in [0.2, 0.25) is 0 Å². The lowest BCUT2D eigenvalue weighted by Gasteiger charge is -2.34. The van der Waals surface area contributed by atoms with Crippen molar-refractivity contribution in [1.29, 1.82) is 0 Å². The van der Waals surface area contributed by atoms with Crippen LogP contribution in [0.15, 0.2) is 12.1 Å². The van der Waals surface area contributed by atoms with Gasteiger partial charge < -0.3 is 5.11 Å². The molecule has 0 amide bonds. The molecule has 0 radical (unpaired) electrons. The van der Waals surface area contributed by atoms with Crippen LogP contribution in [0.5, 0.6) is 0 Å². The molecule has 0 aromatic heterocycles. The third kappa shape index (κ3) is 2.21. The van der Waals surface area contributed by atoms with Crippen molar-refractivity contribution in [3.63, 3.8) is 0 Å². The molecule has 1 N–H and O–H groups in total. The maximum Gasteiger partial charge on any atom is 0.0848 e. The molecule has 2 rings (SSSR count). The number of hydrogen-bond acceptors (Lipinski definition) is 1. The minimum atomic E-state index is -0.288. The average Bonchev–Trinajstić information content (AvgIpc) is 2.83. The van der Waals surface area contributed by atoms with Gasteiger partial charge >= 0.3 is 0 Å². The Labute approximate surface area is 111 Å². The van der Waals surface area contributed by atoms with E-state index < -0.39 is 0 Å². The highest BCUT2D eigenvalue weighted by Gasteiger charge is 2.40. The topological polar surface area (TPSA) is 20.2 Å². The zero-order valence-electron chi connectivity index (χ0n) is 12.2. The van der Waals surface area contributed by atoms with E-state index in [0.717, 1.165) is 12.0 Å². The zero-order valence-corrected chi connectivity index (χ0v) is 12.2. The average molecular weight is 246 g/mol. The number of benzene rings is 1. The molecular formula is C17H26O. The molecule has 1 unspecified atom stereocenters. The molecule has 1 fully saturated rings. The van der Waals surface area contributed by atoms with Gasteiger partial charge in [-0.05, 0) is 62.3 Å². The van der Waals surface area contributed by atoms with Crippen LogP contribution in [0.25, 0.3) is 0 Å². The van der Waals surface area contributed by atoms with Gasteiger partial charge in [0.15, 0.2) is 0 Å². The van der Waals surface area contributed by atoms with Crippen LogP contribution in [0.4, 0.5) is 0 Å². The van der Waals surface area contributed by atoms with E-state index in [2.05, 4.69) is 39.8 Å². The van der Waals surface area contributed by atoms with Gasteiger partial charge in [0.1, 0.15) is 0 Å². The predicted octanol–water partition coefficient (Wildman–Crippen LogP) is 4.62. The summed E-state index contributed by atoms with van der Waals surface area (Å²) in [6.07, 6.45) is 5.70. The predicted molar refractivity (Wildman–Crippen MR) is 76.8 cm³/mol. The lowest BCUT2D eigenvalue weighted by molar-refractivity contribution is 0.0233. The summed E-state index contributed by atoms with van der Waals surface area (Å²) < 4.78 is 0. The molecule has 1 aromatic carbocycles. The highest BCUT2D eigenvalue weighted by molar-refractivity contribution is 5.38. The van der Waals surface area contributed by atoms with Crippen LogP contribution in [-0.4, -0.2) is 5.11 Å². The van der Waals surface area contributed by atoms with Crippen molar-refractivity contribution >= 4 is 0 Å². The Bertz CT molecular complexity index is 427. The van der Waals surface area contributed by atoms with Gasteiger partial charge in [0.05, 0.1) is 6.10 Å². The Morgan fingerprint density at radius 1 is 1.06 bits per heavy atom. The summed E-state index contributed by atoms with van der Waals surface area (Å²) in [5.74, 6) is 0. The van der Waals surface area contributed by atoms with Crippen LogP contribution in [0.1, 0.15) is 67.4 Å². The van der Waals surface area contributed by atoms with Crippen LogP contribution < -0.4 is 0 Å². The molecule has 0 bridgehead atoms. The number of hydrogen-bond donors (Lipinski definition) is 1. The summed E-state index contributed by atoms with van der Waals surface area (Å²) >= 11 is 0. The molecule has 100 valence electrons. The van der Waals surface area contributed by atoms with Crippen molar-refractivity contribution in [2.75, 3.05) is 0 Å². The summed E-state index contributed by atoms with van der Waals surface area (Å²) in [6.45, 7) is 8.64. The molecule has 1 saturated carbocycles. The molecule has 1 aliphatic rings. The van der Waals surface area contributed by atoms with Gasteiger partial charge in [0.25, 0.3) is 0 Å². The third-order valence-electron chi connectivity index (χ3n) is 5.06. The van der Waals surface area contributed by atoms with Crippen molar-refractivity contribution in [3.05, 3.63) is 34.4 Å². The van der Waals surface area contributed by atoms with Crippen LogP contribution >= 0.6 is 0 Å². The first-order valence-electron chi connectivity index (χ1n) is 7.26. The molecule has 1 aromatic rings. The molecule has 1 atom stereocenters. The number of aliphatic hydroxyl groups is 1. The Hall–Kier alpha value is -0.820. The van der Waals surface area contributed by atoms with E-state index in [1.165, 1.54) is 42.4 Å². The maximum absolute atomic E-state index is 10.9. The van der Waals surface area contributed by atoms with E-state index in [9.17, 15) is 5.11 Å². The van der Waals surface area contributed by atoms with E-state index >= 15 is 0 Å². The summed E-state index contributed by atoms with van der Waals surface area (Å²) in [7, 11) is 0. The number of aryl methyl sites for hydroxylation is 3. The van der Waals surface area contributed by atoms with E-state index in [-0.39, 0.29) is 11.5 Å². The normalized spacial score (nSPS) is 20.1. The number of rotatable bonds is 3. The summed E-state index contributed by atoms with van der Waals surface area (Å²) in [6, 6.07) is 4.41. The smallest absolute Gasteiger partial charge is 0.0848 e. The Morgan fingerprint density at radius 2 is 1.61 bits per heavy atom. The third-order valence-corrected chi connectivity index (χ3v) is 5.06. The van der Waals surface area contributed by atoms with Gasteiger partial charge in [-0.3, -0.25) is 0 Å². The molecule has 1 nitrogen and oxygen atoms in total. The second-order valence-electron chi connectivity index (χ2n) is 6.12. The molecule has 0 aliphatic heterocycles. The molecular weight excluding hydrogens is 220 g/mol. The summed E-state index contributed by atoms with van der Waals surface area (Å²) in [4.78, 5) is 0. The largest absolute Gasteiger partial charge is 0.388 e. The first kappa shape index (κ1) is 13.6. The highest BCUT2D eigenvalue weighted by Crippen LogP contribution is 2.50. The molecule has 0 spiro atoms. The molecule has 1 heteroatoms. The van der Waals surface area contributed by atoms with Gasteiger partial charge in [-0.25, -0.2) is 0 Å². The van der Waals surface area contributed by atoms with Crippen molar-refractivity contribution < 1.29 is 5.11 Å². The standard InChI is InChI=1S/C17H26O/c1-5-17(8-6-7-9-17)16(18)15-11-13(3)12(2)10-14(15)4/h10-11,16,18H,5-9H2,1-4H3. The summed E-state index contributed by atoms with van der Waals surface area (Å²) in [5, 5.41) is 10.9. The van der Waals surface area contributed by atoms with Crippen LogP contribution in [-0.2, 0) is 0 Å². The monoisotopic (exact) mass is 246 g/mol. The van der Waals surface area contributed by atoms with E-state index in [4.69, 9.17) is 0 Å². The lowest BCUT2D eigenvalue weighted by Crippen LogP contribution is -2.25. The van der Waals surface area contributed by atoms with Crippen molar-refractivity contribution in [2.45, 2.75) is 65.9 Å². The van der Waals surface area contributed by atoms with Crippen molar-refractivity contribution in [1.82, 2.24) is 0 Å². The minimum Gasteiger partial charge on any atom is -0.388 e. The van der Waals surface area contributed by atoms with E-state index in [1.54, 1.807) is 0 Å². The lowest BCUT2D eigenvalue weighted by atomic mass is 9.74. The molecule has 0 heterocycles. The minimum absolute atomic E-state index is 0.131. The van der Waals surface area contributed by atoms with Crippen molar-refractivity contribution in [2.24, 2.45) is 5.41 Å². The quantitative estimate of drug-likeness (QED) is 0.825. The zero-order chi connectivity index (χ0) is 13.3. The SMILES string of the molecule is CCC1(C(O)c2cc(C)c(C)cc2C)CCCC1. The Balaban J connectivity index is 2.39. The van der Waals surface area contributed by atoms with Gasteiger partial charge in [0, 0.05) is 5.41 Å². The van der Waals surface area contributed by atoms with Gasteiger partial charge in [-0.2, -0.15) is 0 Å². The fourth-order valence-corrected chi connectivity index (χ4v) is 3.51. The van der Waals surface area contributed by atoms with Gasteiger partial charge in [-0.1, -0.05) is 31.9 Å². The van der Waals surface area contributed by atoms with Crippen LogP contribution in [0.3, 0.4) is 0 Å². The Kier molecular flexibility index (Phi) is 3.82. The van der Waals surface area contributed by atoms with Gasteiger partial charge in [-0.15, -0.1) is 0 Å². The fraction of sp³-hybridized carbons (Fsp3) is 0.647. The molecule has 18 heavy (non-hydrogen) atoms. The highest BCUT2D eigenvalue weighted by atomic mass is 16.3. The first-order valence-corrected chi connectivity index (χ1v) is 7.26. The van der Waals surface area contributed by atoms with Gasteiger partial charge in [0.2, 0.25) is 0 Å². The Morgan fingerprint density at radius 3 is 2.17 bits per heavy atom. The number of aliphatic hydroxyl groups excluding tert-OH is 1. The molecule has 0 saturated heterocycles. The first-order chi connectivity index (χ1) is 8.50. The van der Waals surface area contributed by atoms with Crippen LogP contribution in [0, 0.1) is 26.2 Å². The van der Waals surface area contributed by atoms with E-state index in [1.807, 2.05) is 0 Å². The molecule has 1 aliphatic carbocycles. The summed E-state index contributed by atoms with van der Waals surface area (Å²) in [5.41, 5.74) is 5.14. The second-order valence-corrected chi connectivity index (χ2v) is 6.12. The van der Waals surface area contributed by atoms with E-state index in [0.29, 0.717) is 0 Å². The van der Waals surface area contributed by atoms with Crippen molar-refractivity contribution in [3.8, 4) is 0 Å².